The first-order valence-corrected chi connectivity index (χ1v) is 7.06. The van der Waals surface area contributed by atoms with Gasteiger partial charge in [-0.3, -0.25) is 4.79 Å². The highest BCUT2D eigenvalue weighted by Gasteiger charge is 2.18. The number of nitrogens with two attached hydrogens (primary N) is 1. The van der Waals surface area contributed by atoms with E-state index in [0.717, 1.165) is 25.7 Å². The van der Waals surface area contributed by atoms with Gasteiger partial charge in [0.1, 0.15) is 0 Å². The number of hydrogen-bond acceptors (Lipinski definition) is 3. The van der Waals surface area contributed by atoms with Gasteiger partial charge in [0, 0.05) is 6.54 Å². The molecule has 0 saturated carbocycles. The van der Waals surface area contributed by atoms with Gasteiger partial charge in [-0.2, -0.15) is 0 Å². The lowest BCUT2D eigenvalue weighted by Gasteiger charge is -2.17. The summed E-state index contributed by atoms with van der Waals surface area (Å²) in [6, 6.07) is 0. The minimum absolute atomic E-state index is 0.107. The molecule has 3 nitrogen and oxygen atoms in total. The molecule has 0 rings (SSSR count). The molecular formula is C14H29NO2. The highest BCUT2D eigenvalue weighted by molar-refractivity contribution is 5.72. The van der Waals surface area contributed by atoms with Gasteiger partial charge in [-0.1, -0.05) is 46.5 Å². The van der Waals surface area contributed by atoms with Gasteiger partial charge in [-0.05, 0) is 18.8 Å². The molecule has 102 valence electrons. The molecule has 0 aromatic heterocycles. The quantitative estimate of drug-likeness (QED) is 0.600. The van der Waals surface area contributed by atoms with Gasteiger partial charge in [0.2, 0.25) is 0 Å². The van der Waals surface area contributed by atoms with E-state index >= 15 is 0 Å². The van der Waals surface area contributed by atoms with Gasteiger partial charge in [-0.25, -0.2) is 0 Å². The summed E-state index contributed by atoms with van der Waals surface area (Å²) < 4.78 is 5.38. The van der Waals surface area contributed by atoms with Gasteiger partial charge < -0.3 is 10.5 Å². The summed E-state index contributed by atoms with van der Waals surface area (Å²) in [5.41, 5.74) is 5.58. The first kappa shape index (κ1) is 16.4. The third-order valence-corrected chi connectivity index (χ3v) is 3.26. The van der Waals surface area contributed by atoms with E-state index in [1.54, 1.807) is 0 Å². The third kappa shape index (κ3) is 7.37. The van der Waals surface area contributed by atoms with Gasteiger partial charge in [0.15, 0.2) is 0 Å². The Kier molecular flexibility index (Phi) is 10.2. The monoisotopic (exact) mass is 243 g/mol. The second-order valence-corrected chi connectivity index (χ2v) is 4.77. The fraction of sp³-hybridized carbons (Fsp3) is 0.929. The predicted octanol–water partition coefficient (Wildman–Crippen LogP) is 3.12. The Labute approximate surface area is 106 Å². The molecule has 0 aliphatic carbocycles. The van der Waals surface area contributed by atoms with Crippen LogP contribution in [0, 0.1) is 11.8 Å². The van der Waals surface area contributed by atoms with Crippen LogP contribution in [0.25, 0.3) is 0 Å². The van der Waals surface area contributed by atoms with E-state index in [2.05, 4.69) is 20.8 Å². The second-order valence-electron chi connectivity index (χ2n) is 4.77. The third-order valence-electron chi connectivity index (χ3n) is 3.26. The maximum atomic E-state index is 11.8. The maximum Gasteiger partial charge on any atom is 0.310 e. The molecule has 0 aromatic carbocycles. The standard InChI is InChI=1S/C14H29NO2/c1-4-7-9-12(6-3)11-17-14(16)13(10-15)8-5-2/h12-13H,4-11,15H2,1-3H3. The maximum absolute atomic E-state index is 11.8. The molecule has 2 unspecified atom stereocenters. The van der Waals surface area contributed by atoms with E-state index in [-0.39, 0.29) is 11.9 Å². The SMILES string of the molecule is CCCCC(CC)COC(=O)C(CN)CCC. The summed E-state index contributed by atoms with van der Waals surface area (Å²) in [6.45, 7) is 7.37. The molecule has 0 heterocycles. The Morgan fingerprint density at radius 1 is 1.18 bits per heavy atom. The van der Waals surface area contributed by atoms with E-state index in [0.29, 0.717) is 19.1 Å². The van der Waals surface area contributed by atoms with E-state index in [1.807, 2.05) is 0 Å². The van der Waals surface area contributed by atoms with Crippen molar-refractivity contribution in [2.45, 2.75) is 59.3 Å². The van der Waals surface area contributed by atoms with E-state index in [9.17, 15) is 4.79 Å². The molecule has 17 heavy (non-hydrogen) atoms. The molecule has 0 bridgehead atoms. The summed E-state index contributed by atoms with van der Waals surface area (Å²) in [7, 11) is 0. The second kappa shape index (κ2) is 10.6. The topological polar surface area (TPSA) is 52.3 Å². The Bertz CT molecular complexity index is 195. The smallest absolute Gasteiger partial charge is 0.310 e. The molecule has 0 spiro atoms. The zero-order valence-electron chi connectivity index (χ0n) is 11.7. The van der Waals surface area contributed by atoms with Crippen LogP contribution in [0.3, 0.4) is 0 Å². The largest absolute Gasteiger partial charge is 0.465 e. The van der Waals surface area contributed by atoms with Crippen molar-refractivity contribution in [3.63, 3.8) is 0 Å². The number of rotatable bonds is 10. The predicted molar refractivity (Wildman–Crippen MR) is 71.7 cm³/mol. The summed E-state index contributed by atoms with van der Waals surface area (Å²) in [5.74, 6) is 0.298. The van der Waals surface area contributed by atoms with Crippen molar-refractivity contribution in [2.75, 3.05) is 13.2 Å². The fourth-order valence-electron chi connectivity index (χ4n) is 1.90. The first-order chi connectivity index (χ1) is 8.19. The van der Waals surface area contributed by atoms with Crippen LogP contribution < -0.4 is 5.73 Å². The molecule has 0 radical (unpaired) electrons. The van der Waals surface area contributed by atoms with E-state index < -0.39 is 0 Å². The van der Waals surface area contributed by atoms with Gasteiger partial charge in [0.05, 0.1) is 12.5 Å². The molecule has 0 fully saturated rings. The highest BCUT2D eigenvalue weighted by atomic mass is 16.5. The van der Waals surface area contributed by atoms with Gasteiger partial charge in [0.25, 0.3) is 0 Å². The molecule has 0 aliphatic heterocycles. The summed E-state index contributed by atoms with van der Waals surface area (Å²) in [4.78, 5) is 11.8. The van der Waals surface area contributed by atoms with Crippen molar-refractivity contribution in [3.05, 3.63) is 0 Å². The van der Waals surface area contributed by atoms with Crippen LogP contribution in [0.5, 0.6) is 0 Å². The number of carbonyl (C=O) groups excluding carboxylic acids is 1. The Hall–Kier alpha value is -0.570. The Balaban J connectivity index is 3.93. The molecule has 2 atom stereocenters. The molecule has 0 saturated heterocycles. The zero-order chi connectivity index (χ0) is 13.1. The number of unbranched alkanes of at least 4 members (excludes halogenated alkanes) is 1. The highest BCUT2D eigenvalue weighted by Crippen LogP contribution is 2.14. The zero-order valence-corrected chi connectivity index (χ0v) is 11.7. The molecule has 2 N–H and O–H groups in total. The van der Waals surface area contributed by atoms with Gasteiger partial charge in [-0.15, -0.1) is 0 Å². The lowest BCUT2D eigenvalue weighted by atomic mass is 10.00. The molecule has 0 amide bonds. The minimum Gasteiger partial charge on any atom is -0.465 e. The Morgan fingerprint density at radius 2 is 1.88 bits per heavy atom. The van der Waals surface area contributed by atoms with Crippen molar-refractivity contribution >= 4 is 5.97 Å². The normalized spacial score (nSPS) is 14.4. The van der Waals surface area contributed by atoms with E-state index in [1.165, 1.54) is 12.8 Å². The molecule has 3 heteroatoms. The summed E-state index contributed by atoms with van der Waals surface area (Å²) >= 11 is 0. The van der Waals surface area contributed by atoms with E-state index in [4.69, 9.17) is 10.5 Å². The number of hydrogen-bond donors (Lipinski definition) is 1. The molecular weight excluding hydrogens is 214 g/mol. The Morgan fingerprint density at radius 3 is 2.35 bits per heavy atom. The van der Waals surface area contributed by atoms with Crippen LogP contribution in [0.4, 0.5) is 0 Å². The number of ether oxygens (including phenoxy) is 1. The number of esters is 1. The van der Waals surface area contributed by atoms with Crippen LogP contribution in [-0.4, -0.2) is 19.1 Å². The lowest BCUT2D eigenvalue weighted by Crippen LogP contribution is -2.27. The van der Waals surface area contributed by atoms with Crippen molar-refractivity contribution in [2.24, 2.45) is 17.6 Å². The van der Waals surface area contributed by atoms with Crippen LogP contribution >= 0.6 is 0 Å². The lowest BCUT2D eigenvalue weighted by molar-refractivity contribution is -0.150. The minimum atomic E-state index is -0.108. The number of carbonyl (C=O) groups is 1. The van der Waals surface area contributed by atoms with Crippen LogP contribution in [0.15, 0.2) is 0 Å². The average molecular weight is 243 g/mol. The fourth-order valence-corrected chi connectivity index (χ4v) is 1.90. The van der Waals surface area contributed by atoms with Crippen molar-refractivity contribution in [3.8, 4) is 0 Å². The molecule has 0 aliphatic rings. The summed E-state index contributed by atoms with van der Waals surface area (Å²) in [5, 5.41) is 0. The van der Waals surface area contributed by atoms with Crippen LogP contribution in [0.1, 0.15) is 59.3 Å². The first-order valence-electron chi connectivity index (χ1n) is 7.06. The average Bonchev–Trinajstić information content (AvgIpc) is 2.35. The van der Waals surface area contributed by atoms with Gasteiger partial charge >= 0.3 is 5.97 Å². The van der Waals surface area contributed by atoms with Crippen LogP contribution in [0.2, 0.25) is 0 Å². The van der Waals surface area contributed by atoms with Crippen molar-refractivity contribution in [1.29, 1.82) is 0 Å². The summed E-state index contributed by atoms with van der Waals surface area (Å²) in [6.07, 6.45) is 6.46. The van der Waals surface area contributed by atoms with Crippen molar-refractivity contribution < 1.29 is 9.53 Å². The molecule has 0 aromatic rings. The van der Waals surface area contributed by atoms with Crippen molar-refractivity contribution in [1.82, 2.24) is 0 Å². The van der Waals surface area contributed by atoms with Crippen LogP contribution in [-0.2, 0) is 9.53 Å².